The largest absolute Gasteiger partial charge is 0.268 e. The van der Waals surface area contributed by atoms with E-state index in [-0.39, 0.29) is 5.56 Å². The molecular weight excluding hydrogens is 346 g/mol. The summed E-state index contributed by atoms with van der Waals surface area (Å²) >= 11 is 6.06. The van der Waals surface area contributed by atoms with Crippen LogP contribution in [0.1, 0.15) is 11.4 Å². The summed E-state index contributed by atoms with van der Waals surface area (Å²) in [6.07, 6.45) is 5.39. The molecule has 5 heteroatoms. The standard InChI is InChI=1S/C21H14ClN3O/c22-16-10-11-18-17(14-16)21(26)25(19-8-4-5-13-23-19)20(24-18)12-9-15-6-2-1-3-7-15/h1-14H/b12-9+. The number of rotatable bonds is 3. The highest BCUT2D eigenvalue weighted by atomic mass is 35.5. The summed E-state index contributed by atoms with van der Waals surface area (Å²) in [6.45, 7) is 0. The van der Waals surface area contributed by atoms with Crippen molar-refractivity contribution in [1.82, 2.24) is 14.5 Å². The van der Waals surface area contributed by atoms with E-state index in [0.29, 0.717) is 27.6 Å². The van der Waals surface area contributed by atoms with Gasteiger partial charge >= 0.3 is 0 Å². The fraction of sp³-hybridized carbons (Fsp3) is 0. The highest BCUT2D eigenvalue weighted by Gasteiger charge is 2.12. The van der Waals surface area contributed by atoms with Crippen LogP contribution in [0.2, 0.25) is 5.02 Å². The maximum Gasteiger partial charge on any atom is 0.267 e. The molecule has 0 aliphatic rings. The summed E-state index contributed by atoms with van der Waals surface area (Å²) < 4.78 is 1.50. The highest BCUT2D eigenvalue weighted by Crippen LogP contribution is 2.18. The minimum absolute atomic E-state index is 0.205. The van der Waals surface area contributed by atoms with E-state index in [4.69, 9.17) is 11.6 Å². The molecule has 0 radical (unpaired) electrons. The van der Waals surface area contributed by atoms with E-state index < -0.39 is 0 Å². The lowest BCUT2D eigenvalue weighted by atomic mass is 10.2. The molecule has 26 heavy (non-hydrogen) atoms. The molecule has 126 valence electrons. The van der Waals surface area contributed by atoms with Crippen molar-refractivity contribution in [3.05, 3.63) is 99.7 Å². The van der Waals surface area contributed by atoms with Crippen LogP contribution in [0.25, 0.3) is 28.9 Å². The average molecular weight is 360 g/mol. The van der Waals surface area contributed by atoms with Crippen LogP contribution < -0.4 is 5.56 Å². The predicted octanol–water partition coefficient (Wildman–Crippen LogP) is 4.60. The van der Waals surface area contributed by atoms with Gasteiger partial charge < -0.3 is 0 Å². The third-order valence-corrected chi connectivity index (χ3v) is 4.19. The number of hydrogen-bond acceptors (Lipinski definition) is 3. The van der Waals surface area contributed by atoms with E-state index >= 15 is 0 Å². The van der Waals surface area contributed by atoms with Crippen molar-refractivity contribution in [3.8, 4) is 5.82 Å². The van der Waals surface area contributed by atoms with Gasteiger partial charge in [-0.05, 0) is 42.0 Å². The van der Waals surface area contributed by atoms with Crippen molar-refractivity contribution < 1.29 is 0 Å². The van der Waals surface area contributed by atoms with E-state index in [1.807, 2.05) is 48.6 Å². The minimum atomic E-state index is -0.205. The van der Waals surface area contributed by atoms with Crippen molar-refractivity contribution in [2.24, 2.45) is 0 Å². The van der Waals surface area contributed by atoms with Gasteiger partial charge in [0.1, 0.15) is 11.6 Å². The van der Waals surface area contributed by atoms with Crippen molar-refractivity contribution >= 4 is 34.7 Å². The van der Waals surface area contributed by atoms with Crippen molar-refractivity contribution in [1.29, 1.82) is 0 Å². The van der Waals surface area contributed by atoms with Gasteiger partial charge in [-0.1, -0.05) is 54.1 Å². The minimum Gasteiger partial charge on any atom is -0.268 e. The van der Waals surface area contributed by atoms with Gasteiger partial charge in [0.2, 0.25) is 0 Å². The quantitative estimate of drug-likeness (QED) is 0.537. The fourth-order valence-corrected chi connectivity index (χ4v) is 2.90. The normalized spacial score (nSPS) is 11.3. The lowest BCUT2D eigenvalue weighted by Crippen LogP contribution is -2.23. The van der Waals surface area contributed by atoms with Gasteiger partial charge in [0.05, 0.1) is 10.9 Å². The Morgan fingerprint density at radius 2 is 1.73 bits per heavy atom. The third kappa shape index (κ3) is 3.15. The summed E-state index contributed by atoms with van der Waals surface area (Å²) in [5.41, 5.74) is 1.41. The second-order valence-electron chi connectivity index (χ2n) is 5.70. The second-order valence-corrected chi connectivity index (χ2v) is 6.14. The van der Waals surface area contributed by atoms with Gasteiger partial charge in [-0.15, -0.1) is 0 Å². The van der Waals surface area contributed by atoms with Gasteiger partial charge in [-0.25, -0.2) is 14.5 Å². The summed E-state index contributed by atoms with van der Waals surface area (Å²) in [6, 6.07) is 20.4. The summed E-state index contributed by atoms with van der Waals surface area (Å²) in [4.78, 5) is 22.1. The second kappa shape index (κ2) is 6.94. The van der Waals surface area contributed by atoms with E-state index in [1.54, 1.807) is 36.5 Å². The third-order valence-electron chi connectivity index (χ3n) is 3.96. The maximum absolute atomic E-state index is 13.1. The van der Waals surface area contributed by atoms with Crippen LogP contribution in [0.4, 0.5) is 0 Å². The Morgan fingerprint density at radius 1 is 0.923 bits per heavy atom. The molecule has 0 unspecified atom stereocenters. The first kappa shape index (κ1) is 16.2. The van der Waals surface area contributed by atoms with Crippen LogP contribution in [-0.4, -0.2) is 14.5 Å². The van der Waals surface area contributed by atoms with Gasteiger partial charge in [-0.3, -0.25) is 4.79 Å². The van der Waals surface area contributed by atoms with Crippen molar-refractivity contribution in [3.63, 3.8) is 0 Å². The topological polar surface area (TPSA) is 47.8 Å². The molecule has 2 aromatic carbocycles. The fourth-order valence-electron chi connectivity index (χ4n) is 2.73. The smallest absolute Gasteiger partial charge is 0.267 e. The predicted molar refractivity (Wildman–Crippen MR) is 106 cm³/mol. The van der Waals surface area contributed by atoms with Gasteiger partial charge in [0.25, 0.3) is 5.56 Å². The first-order chi connectivity index (χ1) is 12.7. The zero-order chi connectivity index (χ0) is 17.9. The molecule has 4 nitrogen and oxygen atoms in total. The summed E-state index contributed by atoms with van der Waals surface area (Å²) in [5, 5.41) is 0.955. The number of halogens is 1. The van der Waals surface area contributed by atoms with E-state index in [9.17, 15) is 4.79 Å². The molecule has 4 aromatic rings. The molecule has 0 saturated heterocycles. The molecule has 0 atom stereocenters. The molecule has 0 aliphatic heterocycles. The van der Waals surface area contributed by atoms with Gasteiger partial charge in [0, 0.05) is 11.2 Å². The van der Waals surface area contributed by atoms with Crippen LogP contribution in [0.5, 0.6) is 0 Å². The number of pyridine rings is 1. The average Bonchev–Trinajstić information content (AvgIpc) is 2.68. The van der Waals surface area contributed by atoms with Crippen molar-refractivity contribution in [2.45, 2.75) is 0 Å². The highest BCUT2D eigenvalue weighted by molar-refractivity contribution is 6.31. The number of aromatic nitrogens is 3. The molecule has 0 N–H and O–H groups in total. The molecule has 0 saturated carbocycles. The Balaban J connectivity index is 1.97. The van der Waals surface area contributed by atoms with Gasteiger partial charge in [0.15, 0.2) is 0 Å². The molecule has 2 heterocycles. The van der Waals surface area contributed by atoms with Crippen LogP contribution in [0.3, 0.4) is 0 Å². The monoisotopic (exact) mass is 359 g/mol. The first-order valence-corrected chi connectivity index (χ1v) is 8.47. The van der Waals surface area contributed by atoms with Gasteiger partial charge in [-0.2, -0.15) is 0 Å². The first-order valence-electron chi connectivity index (χ1n) is 8.09. The number of hydrogen-bond donors (Lipinski definition) is 0. The molecule has 0 aliphatic carbocycles. The summed E-state index contributed by atoms with van der Waals surface area (Å²) in [5.74, 6) is 1.02. The number of fused-ring (bicyclic) bond motifs is 1. The lowest BCUT2D eigenvalue weighted by molar-refractivity contribution is 0.905. The molecule has 2 aromatic heterocycles. The summed E-state index contributed by atoms with van der Waals surface area (Å²) in [7, 11) is 0. The molecular formula is C21H14ClN3O. The molecule has 4 rings (SSSR count). The van der Waals surface area contributed by atoms with E-state index in [1.165, 1.54) is 4.57 Å². The van der Waals surface area contributed by atoms with Crippen LogP contribution in [0.15, 0.2) is 77.7 Å². The molecule has 0 amide bonds. The maximum atomic E-state index is 13.1. The van der Waals surface area contributed by atoms with Crippen LogP contribution in [-0.2, 0) is 0 Å². The Labute approximate surface area is 155 Å². The zero-order valence-electron chi connectivity index (χ0n) is 13.7. The number of benzene rings is 2. The SMILES string of the molecule is O=c1c2cc(Cl)ccc2nc(/C=C/c2ccccc2)n1-c1ccccn1. The Hall–Kier alpha value is -3.24. The number of nitrogens with zero attached hydrogens (tertiary/aromatic N) is 3. The molecule has 0 spiro atoms. The van der Waals surface area contributed by atoms with Crippen LogP contribution >= 0.6 is 11.6 Å². The van der Waals surface area contributed by atoms with E-state index in [0.717, 1.165) is 5.56 Å². The zero-order valence-corrected chi connectivity index (χ0v) is 14.5. The Morgan fingerprint density at radius 3 is 2.50 bits per heavy atom. The Bertz CT molecular complexity index is 1150. The Kier molecular flexibility index (Phi) is 4.33. The van der Waals surface area contributed by atoms with E-state index in [2.05, 4.69) is 9.97 Å². The molecule has 0 fully saturated rings. The van der Waals surface area contributed by atoms with Crippen LogP contribution in [0, 0.1) is 0 Å². The van der Waals surface area contributed by atoms with Crippen molar-refractivity contribution in [2.75, 3.05) is 0 Å². The lowest BCUT2D eigenvalue weighted by Gasteiger charge is -2.10. The molecule has 0 bridgehead atoms.